The topological polar surface area (TPSA) is 258 Å². The Hall–Kier alpha value is -7.47. The fourth-order valence-electron chi connectivity index (χ4n) is 7.79. The standard InChI is InChI=1S/C56H77N9O9/c1-40(2)34-47(63-55(70)73-37-44-20-10-6-11-21-44)51(67)60-31-17-33-65(53(69)48(35-41(3)4)64-56(71)74-38-45-22-12-7-13-23-45)32-15-14-30-59-52(68)49(39-72-36-43-18-8-5-9-19-43)62-50(66)25-16-24-42-26-28-46(29-27-42)61-54(57)58/h5-13,18-23,26-29,40-41,47-49H,14-17,24-25,30-39H2,1-4H3,(H,59,68)(H,60,67)(H,62,66)(H,63,70)(H,64,71)(H4,57,58,61)/t47-,48-,49-/m0/s1. The van der Waals surface area contributed by atoms with E-state index in [2.05, 4.69) is 31.6 Å². The maximum atomic E-state index is 14.4. The number of carbonyl (C=O) groups is 6. The number of hydrogen-bond acceptors (Lipinski definition) is 10. The van der Waals surface area contributed by atoms with Crippen LogP contribution in [0.2, 0.25) is 0 Å². The second-order valence-corrected chi connectivity index (χ2v) is 18.9. The minimum Gasteiger partial charge on any atom is -0.445 e. The third-order valence-electron chi connectivity index (χ3n) is 11.5. The molecule has 4 aromatic carbocycles. The molecule has 6 amide bonds. The van der Waals surface area contributed by atoms with E-state index in [0.717, 1.165) is 22.3 Å². The minimum absolute atomic E-state index is 0.0318. The van der Waals surface area contributed by atoms with E-state index in [1.165, 1.54) is 0 Å². The van der Waals surface area contributed by atoms with Crippen LogP contribution in [0.3, 0.4) is 0 Å². The van der Waals surface area contributed by atoms with Gasteiger partial charge in [-0.15, -0.1) is 0 Å². The number of rotatable bonds is 32. The molecular weight excluding hydrogens is 943 g/mol. The molecule has 0 unspecified atom stereocenters. The number of ether oxygens (including phenoxy) is 3. The van der Waals surface area contributed by atoms with Gasteiger partial charge in [0.05, 0.1) is 18.9 Å². The molecule has 0 heterocycles. The maximum absolute atomic E-state index is 14.4. The number of hydrogen-bond donors (Lipinski definition) is 7. The molecule has 3 atom stereocenters. The number of nitrogens with one attached hydrogen (secondary N) is 5. The Morgan fingerprint density at radius 2 is 1.03 bits per heavy atom. The van der Waals surface area contributed by atoms with Gasteiger partial charge in [0.25, 0.3) is 0 Å². The Bertz CT molecular complexity index is 2330. The first-order chi connectivity index (χ1) is 35.6. The van der Waals surface area contributed by atoms with Crippen LogP contribution in [-0.4, -0.2) is 97.6 Å². The van der Waals surface area contributed by atoms with Gasteiger partial charge in [0.2, 0.25) is 23.6 Å². The van der Waals surface area contributed by atoms with Gasteiger partial charge in [-0.25, -0.2) is 14.6 Å². The SMILES string of the molecule is CC(C)C[C@H](NC(=O)OCc1ccccc1)C(=O)NCCCN(CCCCNC(=O)[C@H](COCc1ccccc1)NC(=O)CCCc1ccc(N=C(N)N)cc1)C(=O)[C@H](CC(C)C)NC(=O)OCc1ccccc1. The van der Waals surface area contributed by atoms with Crippen LogP contribution >= 0.6 is 0 Å². The van der Waals surface area contributed by atoms with Gasteiger partial charge in [0, 0.05) is 32.6 Å². The van der Waals surface area contributed by atoms with Crippen LogP contribution in [0.5, 0.6) is 0 Å². The average molecular weight is 1020 g/mol. The van der Waals surface area contributed by atoms with Gasteiger partial charge in [-0.3, -0.25) is 19.2 Å². The number of unbranched alkanes of at least 4 members (excludes halogenated alkanes) is 1. The van der Waals surface area contributed by atoms with E-state index in [0.29, 0.717) is 50.6 Å². The molecule has 0 saturated carbocycles. The van der Waals surface area contributed by atoms with E-state index < -0.39 is 36.2 Å². The van der Waals surface area contributed by atoms with Crippen molar-refractivity contribution in [3.8, 4) is 0 Å². The lowest BCUT2D eigenvalue weighted by Gasteiger charge is -2.29. The predicted molar refractivity (Wildman–Crippen MR) is 285 cm³/mol. The number of nitrogens with two attached hydrogens (primary N) is 2. The highest BCUT2D eigenvalue weighted by atomic mass is 16.6. The Morgan fingerprint density at radius 3 is 1.57 bits per heavy atom. The monoisotopic (exact) mass is 1020 g/mol. The van der Waals surface area contributed by atoms with Crippen LogP contribution in [0.25, 0.3) is 0 Å². The van der Waals surface area contributed by atoms with Gasteiger partial charge in [0.1, 0.15) is 31.3 Å². The summed E-state index contributed by atoms with van der Waals surface area (Å²) in [6.45, 7) is 9.06. The van der Waals surface area contributed by atoms with Gasteiger partial charge in [-0.05, 0) is 91.2 Å². The molecule has 0 bridgehead atoms. The molecule has 0 aliphatic rings. The van der Waals surface area contributed by atoms with Crippen LogP contribution in [0.15, 0.2) is 120 Å². The van der Waals surface area contributed by atoms with Crippen molar-refractivity contribution >= 4 is 47.5 Å². The van der Waals surface area contributed by atoms with Crippen molar-refractivity contribution in [2.24, 2.45) is 28.3 Å². The molecular formula is C56H77N9O9. The van der Waals surface area contributed by atoms with Crippen LogP contribution in [0, 0.1) is 11.8 Å². The molecule has 18 nitrogen and oxygen atoms in total. The Balaban J connectivity index is 1.36. The molecule has 74 heavy (non-hydrogen) atoms. The highest BCUT2D eigenvalue weighted by Crippen LogP contribution is 2.15. The first-order valence-corrected chi connectivity index (χ1v) is 25.5. The summed E-state index contributed by atoms with van der Waals surface area (Å²) in [7, 11) is 0. The van der Waals surface area contributed by atoms with Crippen molar-refractivity contribution in [1.82, 2.24) is 31.5 Å². The highest BCUT2D eigenvalue weighted by Gasteiger charge is 2.28. The molecule has 9 N–H and O–H groups in total. The summed E-state index contributed by atoms with van der Waals surface area (Å²) in [5.41, 5.74) is 15.1. The summed E-state index contributed by atoms with van der Waals surface area (Å²) >= 11 is 0. The molecule has 0 aliphatic heterocycles. The molecule has 0 aromatic heterocycles. The normalized spacial score (nSPS) is 12.1. The molecule has 18 heteroatoms. The number of alkyl carbamates (subject to hydrolysis) is 2. The molecule has 0 fully saturated rings. The van der Waals surface area contributed by atoms with Crippen LogP contribution in [0.1, 0.15) is 94.9 Å². The van der Waals surface area contributed by atoms with Gasteiger partial charge in [-0.1, -0.05) is 131 Å². The number of amides is 6. The van der Waals surface area contributed by atoms with Crippen LogP contribution in [0.4, 0.5) is 15.3 Å². The number of guanidine groups is 1. The summed E-state index contributed by atoms with van der Waals surface area (Å²) < 4.78 is 16.8. The zero-order valence-electron chi connectivity index (χ0n) is 43.4. The number of carbonyl (C=O) groups excluding carboxylic acids is 6. The third-order valence-corrected chi connectivity index (χ3v) is 11.5. The van der Waals surface area contributed by atoms with E-state index in [1.807, 2.05) is 131 Å². The number of aryl methyl sites for hydroxylation is 1. The lowest BCUT2D eigenvalue weighted by atomic mass is 10.0. The van der Waals surface area contributed by atoms with Crippen LogP contribution < -0.4 is 38.1 Å². The van der Waals surface area contributed by atoms with E-state index in [-0.39, 0.29) is 94.5 Å². The summed E-state index contributed by atoms with van der Waals surface area (Å²) in [5, 5.41) is 14.2. The highest BCUT2D eigenvalue weighted by molar-refractivity contribution is 5.88. The third kappa shape index (κ3) is 24.3. The average Bonchev–Trinajstić information content (AvgIpc) is 3.38. The Kier molecular flexibility index (Phi) is 26.6. The molecule has 400 valence electrons. The molecule has 4 aromatic rings. The molecule has 4 rings (SSSR count). The smallest absolute Gasteiger partial charge is 0.408 e. The van der Waals surface area contributed by atoms with Crippen molar-refractivity contribution < 1.29 is 43.0 Å². The first kappa shape index (κ1) is 59.1. The summed E-state index contributed by atoms with van der Waals surface area (Å²) in [6.07, 6.45) is 1.96. The quantitative estimate of drug-likeness (QED) is 0.0157. The van der Waals surface area contributed by atoms with Crippen molar-refractivity contribution in [2.75, 3.05) is 32.8 Å². The summed E-state index contributed by atoms with van der Waals surface area (Å²) in [5.74, 6) is -1.29. The van der Waals surface area contributed by atoms with E-state index in [1.54, 1.807) is 17.0 Å². The fraction of sp³-hybridized carbons (Fsp3) is 0.446. The Morgan fingerprint density at radius 1 is 0.541 bits per heavy atom. The van der Waals surface area contributed by atoms with Gasteiger partial charge in [-0.2, -0.15) is 0 Å². The second-order valence-electron chi connectivity index (χ2n) is 18.9. The predicted octanol–water partition coefficient (Wildman–Crippen LogP) is 6.53. The van der Waals surface area contributed by atoms with Crippen LogP contribution in [-0.2, 0) is 59.6 Å². The zero-order valence-corrected chi connectivity index (χ0v) is 43.4. The van der Waals surface area contributed by atoms with Gasteiger partial charge < -0.3 is 57.2 Å². The molecule has 0 aliphatic carbocycles. The van der Waals surface area contributed by atoms with E-state index in [4.69, 9.17) is 25.7 Å². The number of nitrogens with zero attached hydrogens (tertiary/aromatic N) is 2. The van der Waals surface area contributed by atoms with Gasteiger partial charge in [0.15, 0.2) is 5.96 Å². The van der Waals surface area contributed by atoms with Crippen molar-refractivity contribution in [2.45, 2.75) is 117 Å². The maximum Gasteiger partial charge on any atom is 0.408 e. The fourth-order valence-corrected chi connectivity index (χ4v) is 7.79. The zero-order chi connectivity index (χ0) is 53.5. The largest absolute Gasteiger partial charge is 0.445 e. The van der Waals surface area contributed by atoms with Crippen molar-refractivity contribution in [1.29, 1.82) is 0 Å². The summed E-state index contributed by atoms with van der Waals surface area (Å²) in [6, 6.07) is 32.7. The molecule has 0 saturated heterocycles. The summed E-state index contributed by atoms with van der Waals surface area (Å²) in [4.78, 5) is 86.2. The molecule has 0 spiro atoms. The number of benzene rings is 4. The van der Waals surface area contributed by atoms with Gasteiger partial charge >= 0.3 is 12.2 Å². The lowest BCUT2D eigenvalue weighted by Crippen LogP contribution is -2.51. The molecule has 0 radical (unpaired) electrons. The van der Waals surface area contributed by atoms with Crippen molar-refractivity contribution in [3.63, 3.8) is 0 Å². The van der Waals surface area contributed by atoms with E-state index >= 15 is 0 Å². The van der Waals surface area contributed by atoms with Crippen molar-refractivity contribution in [3.05, 3.63) is 138 Å². The first-order valence-electron chi connectivity index (χ1n) is 25.5. The minimum atomic E-state index is -0.960. The van der Waals surface area contributed by atoms with E-state index in [9.17, 15) is 28.8 Å². The second kappa shape index (κ2) is 33.3. The number of aliphatic imine (C=N–C) groups is 1. The lowest BCUT2D eigenvalue weighted by molar-refractivity contribution is -0.134. The Labute approximate surface area is 436 Å².